The van der Waals surface area contributed by atoms with Gasteiger partial charge in [0.2, 0.25) is 5.91 Å². The van der Waals surface area contributed by atoms with E-state index in [-0.39, 0.29) is 17.1 Å². The second-order valence-corrected chi connectivity index (χ2v) is 5.56. The van der Waals surface area contributed by atoms with E-state index < -0.39 is 23.7 Å². The first-order valence-electron chi connectivity index (χ1n) is 7.01. The highest BCUT2D eigenvalue weighted by molar-refractivity contribution is 6.00. The summed E-state index contributed by atoms with van der Waals surface area (Å²) in [5.74, 6) is -0.683. The SMILES string of the molecule is CN1CCC(NC(=O)c2cc3ccc(C(F)(F)F)cc3[nH]2)C1=O. The van der Waals surface area contributed by atoms with Crippen LogP contribution in [0.15, 0.2) is 24.3 Å². The minimum absolute atomic E-state index is 0.127. The number of rotatable bonds is 2. The molecule has 0 aliphatic carbocycles. The number of H-pyrrole nitrogens is 1. The van der Waals surface area contributed by atoms with Gasteiger partial charge < -0.3 is 15.2 Å². The van der Waals surface area contributed by atoms with Gasteiger partial charge in [-0.15, -0.1) is 0 Å². The van der Waals surface area contributed by atoms with Crippen molar-refractivity contribution in [2.75, 3.05) is 13.6 Å². The summed E-state index contributed by atoms with van der Waals surface area (Å²) in [5, 5.41) is 3.10. The molecular formula is C15H14F3N3O2. The first-order chi connectivity index (χ1) is 10.8. The van der Waals surface area contributed by atoms with Gasteiger partial charge in [0.25, 0.3) is 5.91 Å². The van der Waals surface area contributed by atoms with Crippen LogP contribution in [0.2, 0.25) is 0 Å². The van der Waals surface area contributed by atoms with Gasteiger partial charge in [0.1, 0.15) is 11.7 Å². The standard InChI is InChI=1S/C15H14F3N3O2/c1-21-5-4-10(14(21)23)20-13(22)12-6-8-2-3-9(15(16,17)18)7-11(8)19-12/h2-3,6-7,10,19H,4-5H2,1H3,(H,20,22). The van der Waals surface area contributed by atoms with Gasteiger partial charge in [-0.25, -0.2) is 0 Å². The minimum atomic E-state index is -4.44. The number of halogens is 3. The molecule has 2 heterocycles. The fourth-order valence-corrected chi connectivity index (χ4v) is 2.62. The number of hydrogen-bond donors (Lipinski definition) is 2. The average molecular weight is 325 g/mol. The zero-order valence-electron chi connectivity index (χ0n) is 12.2. The number of fused-ring (bicyclic) bond motifs is 1. The number of likely N-dealkylation sites (tertiary alicyclic amines) is 1. The summed E-state index contributed by atoms with van der Waals surface area (Å²) in [6, 6.07) is 4.10. The summed E-state index contributed by atoms with van der Waals surface area (Å²) in [4.78, 5) is 28.1. The molecule has 2 aromatic rings. The predicted molar refractivity (Wildman–Crippen MR) is 76.8 cm³/mol. The number of aromatic amines is 1. The Bertz CT molecular complexity index is 782. The summed E-state index contributed by atoms with van der Waals surface area (Å²) >= 11 is 0. The number of carbonyl (C=O) groups is 2. The first kappa shape index (κ1) is 15.4. The van der Waals surface area contributed by atoms with Gasteiger partial charge in [-0.05, 0) is 24.6 Å². The summed E-state index contributed by atoms with van der Waals surface area (Å²) in [7, 11) is 1.65. The van der Waals surface area contributed by atoms with Crippen molar-refractivity contribution >= 4 is 22.7 Å². The molecule has 1 unspecified atom stereocenters. The van der Waals surface area contributed by atoms with Crippen molar-refractivity contribution in [3.8, 4) is 0 Å². The first-order valence-corrected chi connectivity index (χ1v) is 7.01. The average Bonchev–Trinajstić information content (AvgIpc) is 3.04. The fraction of sp³-hybridized carbons (Fsp3) is 0.333. The van der Waals surface area contributed by atoms with Crippen molar-refractivity contribution in [1.29, 1.82) is 0 Å². The van der Waals surface area contributed by atoms with Gasteiger partial charge >= 0.3 is 6.18 Å². The topological polar surface area (TPSA) is 65.2 Å². The lowest BCUT2D eigenvalue weighted by molar-refractivity contribution is -0.137. The molecule has 0 radical (unpaired) electrons. The van der Waals surface area contributed by atoms with Crippen LogP contribution in [0.1, 0.15) is 22.5 Å². The Labute approximate surface area is 129 Å². The van der Waals surface area contributed by atoms with E-state index in [0.717, 1.165) is 12.1 Å². The molecule has 1 fully saturated rings. The lowest BCUT2D eigenvalue weighted by Gasteiger charge is -2.11. The molecule has 2 N–H and O–H groups in total. The number of nitrogens with one attached hydrogen (secondary N) is 2. The monoisotopic (exact) mass is 325 g/mol. The van der Waals surface area contributed by atoms with Crippen molar-refractivity contribution in [2.45, 2.75) is 18.6 Å². The van der Waals surface area contributed by atoms with Crippen molar-refractivity contribution in [3.63, 3.8) is 0 Å². The molecule has 23 heavy (non-hydrogen) atoms. The highest BCUT2D eigenvalue weighted by Gasteiger charge is 2.32. The number of nitrogens with zero attached hydrogens (tertiary/aromatic N) is 1. The van der Waals surface area contributed by atoms with Gasteiger partial charge in [0.15, 0.2) is 0 Å². The lowest BCUT2D eigenvalue weighted by atomic mass is 10.1. The Morgan fingerprint density at radius 2 is 2.09 bits per heavy atom. The molecular weight excluding hydrogens is 311 g/mol. The highest BCUT2D eigenvalue weighted by Crippen LogP contribution is 2.31. The molecule has 8 heteroatoms. The van der Waals surface area contributed by atoms with Gasteiger partial charge in [-0.1, -0.05) is 6.07 Å². The van der Waals surface area contributed by atoms with Crippen molar-refractivity contribution in [2.24, 2.45) is 0 Å². The molecule has 0 saturated carbocycles. The van der Waals surface area contributed by atoms with Gasteiger partial charge in [0.05, 0.1) is 5.56 Å². The second-order valence-electron chi connectivity index (χ2n) is 5.56. The molecule has 2 amide bonds. The molecule has 122 valence electrons. The van der Waals surface area contributed by atoms with Crippen LogP contribution in [0, 0.1) is 0 Å². The Morgan fingerprint density at radius 1 is 1.35 bits per heavy atom. The van der Waals surface area contributed by atoms with E-state index in [1.54, 1.807) is 7.05 Å². The largest absolute Gasteiger partial charge is 0.416 e. The molecule has 1 aliphatic heterocycles. The minimum Gasteiger partial charge on any atom is -0.351 e. The number of likely N-dealkylation sites (N-methyl/N-ethyl adjacent to an activating group) is 1. The number of hydrogen-bond acceptors (Lipinski definition) is 2. The number of alkyl halides is 3. The third-order valence-electron chi connectivity index (χ3n) is 3.93. The summed E-state index contributed by atoms with van der Waals surface area (Å²) in [6.07, 6.45) is -3.93. The van der Waals surface area contributed by atoms with Crippen LogP contribution < -0.4 is 5.32 Å². The number of amides is 2. The van der Waals surface area contributed by atoms with E-state index in [1.165, 1.54) is 17.0 Å². The van der Waals surface area contributed by atoms with Gasteiger partial charge in [-0.3, -0.25) is 9.59 Å². The van der Waals surface area contributed by atoms with Crippen molar-refractivity contribution in [3.05, 3.63) is 35.5 Å². The Hall–Kier alpha value is -2.51. The van der Waals surface area contributed by atoms with Crippen LogP contribution in [-0.4, -0.2) is 41.3 Å². The number of benzene rings is 1. The van der Waals surface area contributed by atoms with Crippen molar-refractivity contribution < 1.29 is 22.8 Å². The third-order valence-corrected chi connectivity index (χ3v) is 3.93. The maximum Gasteiger partial charge on any atom is 0.416 e. The van der Waals surface area contributed by atoms with E-state index >= 15 is 0 Å². The van der Waals surface area contributed by atoms with E-state index in [4.69, 9.17) is 0 Å². The Morgan fingerprint density at radius 3 is 2.70 bits per heavy atom. The smallest absolute Gasteiger partial charge is 0.351 e. The Kier molecular flexibility index (Phi) is 3.54. The molecule has 1 saturated heterocycles. The summed E-state index contributed by atoms with van der Waals surface area (Å²) < 4.78 is 38.1. The van der Waals surface area contributed by atoms with Crippen LogP contribution in [0.25, 0.3) is 10.9 Å². The maximum atomic E-state index is 12.7. The van der Waals surface area contributed by atoms with Crippen LogP contribution >= 0.6 is 0 Å². The van der Waals surface area contributed by atoms with Crippen LogP contribution in [-0.2, 0) is 11.0 Å². The number of aromatic nitrogens is 1. The highest BCUT2D eigenvalue weighted by atomic mass is 19.4. The molecule has 0 bridgehead atoms. The molecule has 0 spiro atoms. The quantitative estimate of drug-likeness (QED) is 0.888. The third kappa shape index (κ3) is 2.88. The molecule has 1 aromatic carbocycles. The molecule has 1 aromatic heterocycles. The van der Waals surface area contributed by atoms with E-state index in [9.17, 15) is 22.8 Å². The fourth-order valence-electron chi connectivity index (χ4n) is 2.62. The predicted octanol–water partition coefficient (Wildman–Crippen LogP) is 2.15. The molecule has 1 aliphatic rings. The normalized spacial score (nSPS) is 18.7. The summed E-state index contributed by atoms with van der Waals surface area (Å²) in [6.45, 7) is 0.561. The molecule has 3 rings (SSSR count). The van der Waals surface area contributed by atoms with Crippen LogP contribution in [0.5, 0.6) is 0 Å². The zero-order valence-corrected chi connectivity index (χ0v) is 12.2. The van der Waals surface area contributed by atoms with Crippen LogP contribution in [0.3, 0.4) is 0 Å². The van der Waals surface area contributed by atoms with Gasteiger partial charge in [-0.2, -0.15) is 13.2 Å². The zero-order chi connectivity index (χ0) is 16.8. The second kappa shape index (κ2) is 5.29. The maximum absolute atomic E-state index is 12.7. The lowest BCUT2D eigenvalue weighted by Crippen LogP contribution is -2.40. The number of carbonyl (C=O) groups excluding carboxylic acids is 2. The summed E-state index contributed by atoms with van der Waals surface area (Å²) in [5.41, 5.74) is -0.437. The van der Waals surface area contributed by atoms with E-state index in [2.05, 4.69) is 10.3 Å². The van der Waals surface area contributed by atoms with Gasteiger partial charge in [0, 0.05) is 24.5 Å². The van der Waals surface area contributed by atoms with Crippen molar-refractivity contribution in [1.82, 2.24) is 15.2 Å². The van der Waals surface area contributed by atoms with E-state index in [1.807, 2.05) is 0 Å². The molecule has 5 nitrogen and oxygen atoms in total. The van der Waals surface area contributed by atoms with Crippen LogP contribution in [0.4, 0.5) is 13.2 Å². The molecule has 1 atom stereocenters. The Balaban J connectivity index is 1.83. The van der Waals surface area contributed by atoms with E-state index in [0.29, 0.717) is 18.4 Å².